The van der Waals surface area contributed by atoms with Gasteiger partial charge in [-0.15, -0.1) is 0 Å². The lowest BCUT2D eigenvalue weighted by Gasteiger charge is -2.41. The van der Waals surface area contributed by atoms with Crippen molar-refractivity contribution in [2.75, 3.05) is 6.61 Å². The summed E-state index contributed by atoms with van der Waals surface area (Å²) in [7, 11) is 0. The predicted molar refractivity (Wildman–Crippen MR) is 61.6 cm³/mol. The highest BCUT2D eigenvalue weighted by molar-refractivity contribution is 5.91. The highest BCUT2D eigenvalue weighted by Gasteiger charge is 2.93. The van der Waals surface area contributed by atoms with Crippen LogP contribution in [-0.4, -0.2) is 54.3 Å². The second-order valence-electron chi connectivity index (χ2n) is 5.30. The van der Waals surface area contributed by atoms with Crippen molar-refractivity contribution >= 4 is 5.97 Å². The van der Waals surface area contributed by atoms with Gasteiger partial charge in [0.2, 0.25) is 0 Å². The van der Waals surface area contributed by atoms with Gasteiger partial charge in [-0.1, -0.05) is 0 Å². The molecule has 0 rings (SSSR count). The van der Waals surface area contributed by atoms with Crippen LogP contribution in [0, 0.1) is 0 Å². The van der Waals surface area contributed by atoms with E-state index in [2.05, 4.69) is 4.74 Å². The first kappa shape index (κ1) is 29.0. The smallest absolute Gasteiger partial charge is 0.460 e. The third-order valence-electron chi connectivity index (χ3n) is 3.31. The minimum absolute atomic E-state index is 0.643. The van der Waals surface area contributed by atoms with E-state index in [1.165, 1.54) is 0 Å². The number of ether oxygens (including phenoxy) is 1. The Morgan fingerprint density at radius 3 is 1.23 bits per heavy atom. The summed E-state index contributed by atoms with van der Waals surface area (Å²) >= 11 is 0. The fourth-order valence-corrected chi connectivity index (χ4v) is 1.65. The van der Waals surface area contributed by atoms with E-state index in [1.54, 1.807) is 0 Å². The zero-order valence-corrected chi connectivity index (χ0v) is 13.9. The number of halogens is 17. The van der Waals surface area contributed by atoms with E-state index in [9.17, 15) is 79.4 Å². The molecule has 19 heteroatoms. The maximum Gasteiger partial charge on any atom is 0.460 e. The van der Waals surface area contributed by atoms with E-state index >= 15 is 0 Å². The summed E-state index contributed by atoms with van der Waals surface area (Å²) in [5.41, 5.74) is -4.07. The van der Waals surface area contributed by atoms with Crippen molar-refractivity contribution in [1.29, 1.82) is 0 Å². The molecule has 0 unspecified atom stereocenters. The maximum absolute atomic E-state index is 13.6. The zero-order chi connectivity index (χ0) is 25.6. The number of rotatable bonds is 8. The first-order valence-electron chi connectivity index (χ1n) is 6.87. The molecule has 0 saturated carbocycles. The second kappa shape index (κ2) is 7.86. The maximum atomic E-state index is 13.6. The van der Waals surface area contributed by atoms with Crippen LogP contribution < -0.4 is 0 Å². The molecule has 0 aromatic heterocycles. The number of hydrogen-bond acceptors (Lipinski definition) is 2. The minimum atomic E-state index is -8.65. The molecule has 0 heterocycles. The Bertz CT molecular complexity index is 713. The van der Waals surface area contributed by atoms with Gasteiger partial charge in [-0.05, 0) is 6.92 Å². The monoisotopic (exact) mass is 504 g/mol. The molecule has 0 fully saturated rings. The van der Waals surface area contributed by atoms with Crippen molar-refractivity contribution in [3.8, 4) is 0 Å². The van der Waals surface area contributed by atoms with E-state index in [0.29, 0.717) is 6.92 Å². The Balaban J connectivity index is 6.89. The molecule has 0 atom stereocenters. The van der Waals surface area contributed by atoms with Crippen LogP contribution in [0.5, 0.6) is 0 Å². The van der Waals surface area contributed by atoms with Gasteiger partial charge < -0.3 is 4.74 Å². The normalized spacial score (nSPS) is 15.0. The number of carbonyl (C=O) groups is 1. The lowest BCUT2D eigenvalue weighted by atomic mass is 9.88. The number of hydrogen-bond donors (Lipinski definition) is 0. The Morgan fingerprint density at radius 1 is 0.613 bits per heavy atom. The molecule has 0 amide bonds. The fraction of sp³-hybridized carbons (Fsp3) is 0.750. The van der Waals surface area contributed by atoms with Crippen molar-refractivity contribution in [3.63, 3.8) is 0 Å². The van der Waals surface area contributed by atoms with Gasteiger partial charge in [0.15, 0.2) is 5.57 Å². The molecule has 0 N–H and O–H groups in total. The van der Waals surface area contributed by atoms with Gasteiger partial charge in [0.1, 0.15) is 0 Å². The van der Waals surface area contributed by atoms with E-state index in [4.69, 9.17) is 0 Å². The molecule has 0 aliphatic heterocycles. The standard InChI is InChI=1S/C12H5F17O2/c1-2-31-5(30)3(4(13)14)6(15,16)7(17,18)8(19,20)9(21,22)10(23,24)11(25,26)12(27,28)29/h2H2,1H3. The molecular weight excluding hydrogens is 499 g/mol. The summed E-state index contributed by atoms with van der Waals surface area (Å²) in [5, 5.41) is 0. The molecule has 0 saturated heterocycles. The molecule has 2 nitrogen and oxygen atoms in total. The minimum Gasteiger partial charge on any atom is -0.462 e. The van der Waals surface area contributed by atoms with Crippen molar-refractivity contribution in [2.45, 2.75) is 48.6 Å². The van der Waals surface area contributed by atoms with Crippen molar-refractivity contribution in [2.24, 2.45) is 0 Å². The Kier molecular flexibility index (Phi) is 7.36. The molecule has 0 aromatic carbocycles. The van der Waals surface area contributed by atoms with Gasteiger partial charge in [0.25, 0.3) is 6.08 Å². The predicted octanol–water partition coefficient (Wildman–Crippen LogP) is 6.07. The molecular formula is C12H5F17O2. The van der Waals surface area contributed by atoms with E-state index in [1.807, 2.05) is 0 Å². The SMILES string of the molecule is CCOC(=O)C(=C(F)F)C(F)(F)C(F)(F)C(F)(F)C(F)(F)C(F)(F)C(F)(F)C(F)(F)F. The summed E-state index contributed by atoms with van der Waals surface area (Å²) in [6, 6.07) is 0. The molecule has 0 bridgehead atoms. The lowest BCUT2D eigenvalue weighted by Crippen LogP contribution is -2.73. The molecule has 31 heavy (non-hydrogen) atoms. The van der Waals surface area contributed by atoms with Crippen LogP contribution in [0.25, 0.3) is 0 Å². The average Bonchev–Trinajstić information content (AvgIpc) is 2.52. The van der Waals surface area contributed by atoms with Crippen LogP contribution in [0.15, 0.2) is 11.7 Å². The highest BCUT2D eigenvalue weighted by atomic mass is 19.4. The number of alkyl halides is 15. The molecule has 0 radical (unpaired) electrons. The van der Waals surface area contributed by atoms with Gasteiger partial charge in [-0.25, -0.2) is 4.79 Å². The van der Waals surface area contributed by atoms with Gasteiger partial charge in [-0.3, -0.25) is 0 Å². The molecule has 0 aliphatic carbocycles. The van der Waals surface area contributed by atoms with Gasteiger partial charge in [0.05, 0.1) is 6.61 Å². The van der Waals surface area contributed by atoms with Gasteiger partial charge >= 0.3 is 47.7 Å². The molecule has 184 valence electrons. The van der Waals surface area contributed by atoms with E-state index in [-0.39, 0.29) is 0 Å². The van der Waals surface area contributed by atoms with Crippen LogP contribution in [0.4, 0.5) is 74.6 Å². The average molecular weight is 504 g/mol. The first-order valence-corrected chi connectivity index (χ1v) is 6.87. The summed E-state index contributed by atoms with van der Waals surface area (Å²) in [6.07, 6.45) is -12.1. The number of esters is 1. The topological polar surface area (TPSA) is 26.3 Å². The lowest BCUT2D eigenvalue weighted by molar-refractivity contribution is -0.450. The van der Waals surface area contributed by atoms with Crippen molar-refractivity contribution in [3.05, 3.63) is 11.7 Å². The van der Waals surface area contributed by atoms with Gasteiger partial charge in [-0.2, -0.15) is 74.6 Å². The zero-order valence-electron chi connectivity index (χ0n) is 13.9. The van der Waals surface area contributed by atoms with Gasteiger partial charge in [0, 0.05) is 0 Å². The van der Waals surface area contributed by atoms with Crippen LogP contribution in [0.1, 0.15) is 6.92 Å². The number of carbonyl (C=O) groups excluding carboxylic acids is 1. The fourth-order valence-electron chi connectivity index (χ4n) is 1.65. The quantitative estimate of drug-likeness (QED) is 0.228. The molecule has 0 aliphatic rings. The Hall–Kier alpha value is -1.98. The van der Waals surface area contributed by atoms with Crippen molar-refractivity contribution < 1.29 is 84.2 Å². The van der Waals surface area contributed by atoms with Crippen LogP contribution in [0.2, 0.25) is 0 Å². The third kappa shape index (κ3) is 3.98. The van der Waals surface area contributed by atoms with Crippen LogP contribution >= 0.6 is 0 Å². The molecule has 0 aromatic rings. The molecule has 0 spiro atoms. The Labute approximate surface area is 158 Å². The second-order valence-corrected chi connectivity index (χ2v) is 5.30. The van der Waals surface area contributed by atoms with E-state index in [0.717, 1.165) is 0 Å². The summed E-state index contributed by atoms with van der Waals surface area (Å²) in [5.74, 6) is -53.0. The van der Waals surface area contributed by atoms with E-state index < -0.39 is 65.9 Å². The third-order valence-corrected chi connectivity index (χ3v) is 3.31. The first-order chi connectivity index (χ1) is 13.3. The van der Waals surface area contributed by atoms with Crippen LogP contribution in [0.3, 0.4) is 0 Å². The van der Waals surface area contributed by atoms with Crippen LogP contribution in [-0.2, 0) is 9.53 Å². The highest BCUT2D eigenvalue weighted by Crippen LogP contribution is 2.63. The Morgan fingerprint density at radius 2 is 0.935 bits per heavy atom. The summed E-state index contributed by atoms with van der Waals surface area (Å²) in [4.78, 5) is 10.9. The largest absolute Gasteiger partial charge is 0.462 e. The van der Waals surface area contributed by atoms with Crippen molar-refractivity contribution in [1.82, 2.24) is 0 Å². The summed E-state index contributed by atoms with van der Waals surface area (Å²) < 4.78 is 223. The summed E-state index contributed by atoms with van der Waals surface area (Å²) in [6.45, 7) is -0.551.